The smallest absolute Gasteiger partial charge is 0.222 e. The molecule has 0 radical (unpaired) electrons. The lowest BCUT2D eigenvalue weighted by molar-refractivity contribution is -0.129. The van der Waals surface area contributed by atoms with Gasteiger partial charge in [-0.1, -0.05) is 19.1 Å². The number of carbonyl (C=O) groups excluding carboxylic acids is 1. The Morgan fingerprint density at radius 1 is 1.56 bits per heavy atom. The summed E-state index contributed by atoms with van der Waals surface area (Å²) >= 11 is 0. The van der Waals surface area contributed by atoms with E-state index < -0.39 is 0 Å². The summed E-state index contributed by atoms with van der Waals surface area (Å²) in [6.07, 6.45) is 1.65. The Kier molecular flexibility index (Phi) is 3.13. The summed E-state index contributed by atoms with van der Waals surface area (Å²) in [5.41, 5.74) is 7.83. The summed E-state index contributed by atoms with van der Waals surface area (Å²) < 4.78 is 0. The molecule has 1 unspecified atom stereocenters. The van der Waals surface area contributed by atoms with E-state index in [0.717, 1.165) is 25.2 Å². The lowest BCUT2D eigenvalue weighted by Crippen LogP contribution is -2.27. The molecular weight excluding hydrogens is 200 g/mol. The number of amides is 1. The highest BCUT2D eigenvalue weighted by molar-refractivity contribution is 5.76. The number of anilines is 1. The van der Waals surface area contributed by atoms with Crippen molar-refractivity contribution >= 4 is 11.6 Å². The zero-order valence-corrected chi connectivity index (χ0v) is 9.65. The molecule has 0 aromatic heterocycles. The fourth-order valence-electron chi connectivity index (χ4n) is 2.30. The molecule has 2 rings (SSSR count). The van der Waals surface area contributed by atoms with E-state index in [-0.39, 0.29) is 5.91 Å². The molecule has 0 saturated carbocycles. The number of hydrogen-bond donors (Lipinski definition) is 1. The van der Waals surface area contributed by atoms with Crippen LogP contribution in [0.25, 0.3) is 0 Å². The monoisotopic (exact) mass is 218 g/mol. The largest absolute Gasteiger partial charge is 0.399 e. The van der Waals surface area contributed by atoms with Crippen molar-refractivity contribution in [3.05, 3.63) is 29.8 Å². The molecule has 0 aliphatic carbocycles. The van der Waals surface area contributed by atoms with Crippen LogP contribution >= 0.6 is 0 Å². The number of likely N-dealkylation sites (tertiary alicyclic amines) is 1. The van der Waals surface area contributed by atoms with E-state index in [1.807, 2.05) is 30.0 Å². The topological polar surface area (TPSA) is 46.3 Å². The summed E-state index contributed by atoms with van der Waals surface area (Å²) in [7, 11) is 0. The fraction of sp³-hybridized carbons (Fsp3) is 0.462. The minimum atomic E-state index is 0.256. The Morgan fingerprint density at radius 3 is 3.06 bits per heavy atom. The van der Waals surface area contributed by atoms with Gasteiger partial charge in [0, 0.05) is 31.1 Å². The predicted octanol–water partition coefficient (Wildman–Crippen LogP) is 1.99. The lowest BCUT2D eigenvalue weighted by atomic mass is 9.98. The van der Waals surface area contributed by atoms with Crippen molar-refractivity contribution in [2.75, 3.05) is 18.8 Å². The third-order valence-corrected chi connectivity index (χ3v) is 3.23. The molecule has 16 heavy (non-hydrogen) atoms. The van der Waals surface area contributed by atoms with Crippen LogP contribution in [0.5, 0.6) is 0 Å². The third kappa shape index (κ3) is 2.18. The van der Waals surface area contributed by atoms with Gasteiger partial charge in [-0.25, -0.2) is 0 Å². The standard InChI is InChI=1S/C13H18N2O/c1-2-13(16)15-7-6-11(9-15)10-4-3-5-12(14)8-10/h3-5,8,11H,2,6-7,9,14H2,1H3. The molecule has 0 spiro atoms. The summed E-state index contributed by atoms with van der Waals surface area (Å²) in [5.74, 6) is 0.713. The van der Waals surface area contributed by atoms with Crippen LogP contribution in [0.1, 0.15) is 31.2 Å². The maximum absolute atomic E-state index is 11.6. The van der Waals surface area contributed by atoms with Crippen LogP contribution in [0.2, 0.25) is 0 Å². The van der Waals surface area contributed by atoms with Crippen molar-refractivity contribution in [1.82, 2.24) is 4.90 Å². The fourth-order valence-corrected chi connectivity index (χ4v) is 2.30. The molecule has 1 aliphatic heterocycles. The van der Waals surface area contributed by atoms with Gasteiger partial charge in [0.25, 0.3) is 0 Å². The van der Waals surface area contributed by atoms with E-state index in [0.29, 0.717) is 12.3 Å². The first-order valence-corrected chi connectivity index (χ1v) is 5.84. The van der Waals surface area contributed by atoms with Gasteiger partial charge < -0.3 is 10.6 Å². The Bertz CT molecular complexity index is 389. The second-order valence-electron chi connectivity index (χ2n) is 4.35. The van der Waals surface area contributed by atoms with Crippen LogP contribution in [0.3, 0.4) is 0 Å². The van der Waals surface area contributed by atoms with Crippen LogP contribution in [0.4, 0.5) is 5.69 Å². The number of hydrogen-bond acceptors (Lipinski definition) is 2. The molecule has 3 nitrogen and oxygen atoms in total. The molecule has 1 fully saturated rings. The molecule has 86 valence electrons. The van der Waals surface area contributed by atoms with Gasteiger partial charge in [-0.2, -0.15) is 0 Å². The van der Waals surface area contributed by atoms with E-state index in [4.69, 9.17) is 5.73 Å². The van der Waals surface area contributed by atoms with Gasteiger partial charge in [-0.05, 0) is 24.1 Å². The Hall–Kier alpha value is -1.51. The second kappa shape index (κ2) is 4.56. The van der Waals surface area contributed by atoms with Crippen LogP contribution in [0.15, 0.2) is 24.3 Å². The number of nitrogens with two attached hydrogens (primary N) is 1. The highest BCUT2D eigenvalue weighted by atomic mass is 16.2. The molecule has 1 amide bonds. The van der Waals surface area contributed by atoms with Crippen molar-refractivity contribution in [2.24, 2.45) is 0 Å². The average Bonchev–Trinajstić information content (AvgIpc) is 2.77. The first-order valence-electron chi connectivity index (χ1n) is 5.84. The SMILES string of the molecule is CCC(=O)N1CCC(c2cccc(N)c2)C1. The number of nitrogen functional groups attached to an aromatic ring is 1. The maximum atomic E-state index is 11.6. The minimum Gasteiger partial charge on any atom is -0.399 e. The van der Waals surface area contributed by atoms with Crippen LogP contribution in [-0.2, 0) is 4.79 Å². The second-order valence-corrected chi connectivity index (χ2v) is 4.35. The van der Waals surface area contributed by atoms with Gasteiger partial charge in [0.15, 0.2) is 0 Å². The van der Waals surface area contributed by atoms with E-state index in [1.165, 1.54) is 5.56 Å². The van der Waals surface area contributed by atoms with Crippen molar-refractivity contribution in [3.8, 4) is 0 Å². The number of nitrogens with zero attached hydrogens (tertiary/aromatic N) is 1. The predicted molar refractivity (Wildman–Crippen MR) is 65.1 cm³/mol. The highest BCUT2D eigenvalue weighted by Gasteiger charge is 2.26. The molecular formula is C13H18N2O. The molecule has 3 heteroatoms. The van der Waals surface area contributed by atoms with Gasteiger partial charge in [0.1, 0.15) is 0 Å². The Balaban J connectivity index is 2.06. The zero-order valence-electron chi connectivity index (χ0n) is 9.65. The Morgan fingerprint density at radius 2 is 2.38 bits per heavy atom. The molecule has 1 atom stereocenters. The van der Waals surface area contributed by atoms with Gasteiger partial charge >= 0.3 is 0 Å². The summed E-state index contributed by atoms with van der Waals surface area (Å²) in [5, 5.41) is 0. The lowest BCUT2D eigenvalue weighted by Gasteiger charge is -2.15. The van der Waals surface area contributed by atoms with Crippen molar-refractivity contribution in [3.63, 3.8) is 0 Å². The maximum Gasteiger partial charge on any atom is 0.222 e. The summed E-state index contributed by atoms with van der Waals surface area (Å²) in [6, 6.07) is 7.99. The van der Waals surface area contributed by atoms with Gasteiger partial charge in [0.05, 0.1) is 0 Å². The Labute approximate surface area is 96.2 Å². The van der Waals surface area contributed by atoms with E-state index in [1.54, 1.807) is 0 Å². The van der Waals surface area contributed by atoms with Crippen LogP contribution in [-0.4, -0.2) is 23.9 Å². The molecule has 1 aromatic rings. The van der Waals surface area contributed by atoms with E-state index >= 15 is 0 Å². The van der Waals surface area contributed by atoms with Crippen molar-refractivity contribution in [2.45, 2.75) is 25.7 Å². The van der Waals surface area contributed by atoms with Gasteiger partial charge in [-0.3, -0.25) is 4.79 Å². The van der Waals surface area contributed by atoms with Crippen molar-refractivity contribution < 1.29 is 4.79 Å². The summed E-state index contributed by atoms with van der Waals surface area (Å²) in [4.78, 5) is 13.5. The molecule has 1 heterocycles. The molecule has 0 bridgehead atoms. The number of benzene rings is 1. The highest BCUT2D eigenvalue weighted by Crippen LogP contribution is 2.28. The third-order valence-electron chi connectivity index (χ3n) is 3.23. The quantitative estimate of drug-likeness (QED) is 0.772. The van der Waals surface area contributed by atoms with Crippen LogP contribution in [0, 0.1) is 0 Å². The first kappa shape index (κ1) is 11.0. The molecule has 2 N–H and O–H groups in total. The van der Waals surface area contributed by atoms with Gasteiger partial charge in [0.2, 0.25) is 5.91 Å². The minimum absolute atomic E-state index is 0.256. The molecule has 1 saturated heterocycles. The van der Waals surface area contributed by atoms with Gasteiger partial charge in [-0.15, -0.1) is 0 Å². The molecule has 1 aromatic carbocycles. The number of rotatable bonds is 2. The average molecular weight is 218 g/mol. The van der Waals surface area contributed by atoms with E-state index in [9.17, 15) is 4.79 Å². The van der Waals surface area contributed by atoms with E-state index in [2.05, 4.69) is 6.07 Å². The normalized spacial score (nSPS) is 20.1. The first-order chi connectivity index (χ1) is 7.70. The van der Waals surface area contributed by atoms with Crippen molar-refractivity contribution in [1.29, 1.82) is 0 Å². The van der Waals surface area contributed by atoms with Crippen LogP contribution < -0.4 is 5.73 Å². The molecule has 1 aliphatic rings. The number of carbonyl (C=O) groups is 1. The zero-order chi connectivity index (χ0) is 11.5. The summed E-state index contributed by atoms with van der Waals surface area (Å²) in [6.45, 7) is 3.64.